The second-order valence-corrected chi connectivity index (χ2v) is 7.53. The van der Waals surface area contributed by atoms with Gasteiger partial charge in [-0.3, -0.25) is 0 Å². The molecule has 1 aromatic rings. The number of carboxylic acids is 1. The first-order chi connectivity index (χ1) is 9.73. The van der Waals surface area contributed by atoms with Crippen LogP contribution in [0.15, 0.2) is 17.0 Å². The molecular formula is C14H18FNO4S. The highest BCUT2D eigenvalue weighted by atomic mass is 32.2. The summed E-state index contributed by atoms with van der Waals surface area (Å²) in [7, 11) is -2.34. The van der Waals surface area contributed by atoms with Gasteiger partial charge in [-0.25, -0.2) is 21.9 Å². The van der Waals surface area contributed by atoms with Gasteiger partial charge in [0.25, 0.3) is 0 Å². The average Bonchev–Trinajstić information content (AvgIpc) is 2.35. The molecule has 1 fully saturated rings. The van der Waals surface area contributed by atoms with Crippen LogP contribution in [0.4, 0.5) is 4.39 Å². The molecule has 0 radical (unpaired) electrons. The molecule has 1 aliphatic rings. The van der Waals surface area contributed by atoms with Crippen molar-refractivity contribution >= 4 is 16.0 Å². The molecule has 0 unspecified atom stereocenters. The van der Waals surface area contributed by atoms with E-state index in [-0.39, 0.29) is 10.5 Å². The molecule has 5 nitrogen and oxygen atoms in total. The van der Waals surface area contributed by atoms with Gasteiger partial charge >= 0.3 is 5.97 Å². The molecule has 1 aromatic carbocycles. The summed E-state index contributed by atoms with van der Waals surface area (Å²) in [6.07, 6.45) is 3.11. The Bertz CT molecular complexity index is 668. The maximum absolute atomic E-state index is 13.7. The number of aryl methyl sites for hydroxylation is 1. The van der Waals surface area contributed by atoms with E-state index >= 15 is 0 Å². The number of carbonyl (C=O) groups is 1. The Kier molecular flexibility index (Phi) is 4.34. The lowest BCUT2D eigenvalue weighted by atomic mass is 9.86. The molecule has 1 aliphatic carbocycles. The zero-order valence-electron chi connectivity index (χ0n) is 12.0. The van der Waals surface area contributed by atoms with Gasteiger partial charge in [0.15, 0.2) is 0 Å². The Balaban J connectivity index is 2.37. The molecule has 1 saturated carbocycles. The van der Waals surface area contributed by atoms with E-state index in [0.29, 0.717) is 12.5 Å². The number of sulfonamides is 1. The summed E-state index contributed by atoms with van der Waals surface area (Å²) in [4.78, 5) is 10.8. The van der Waals surface area contributed by atoms with E-state index in [0.717, 1.165) is 25.3 Å². The Morgan fingerprint density at radius 2 is 2.05 bits per heavy atom. The molecule has 1 N–H and O–H groups in total. The van der Waals surface area contributed by atoms with Crippen LogP contribution in [0.5, 0.6) is 0 Å². The number of aromatic carboxylic acids is 1. The number of benzene rings is 1. The lowest BCUT2D eigenvalue weighted by molar-refractivity contribution is 0.0691. The summed E-state index contributed by atoms with van der Waals surface area (Å²) < 4.78 is 39.8. The van der Waals surface area contributed by atoms with Crippen LogP contribution >= 0.6 is 0 Å². The fraction of sp³-hybridized carbons (Fsp3) is 0.500. The SMILES string of the molecule is Cc1cc(S(=O)(=O)N(C)CC2CCC2)cc(C(=O)O)c1F. The van der Waals surface area contributed by atoms with E-state index in [1.165, 1.54) is 24.3 Å². The van der Waals surface area contributed by atoms with Gasteiger partial charge in [0, 0.05) is 13.6 Å². The first kappa shape index (κ1) is 15.9. The Morgan fingerprint density at radius 3 is 2.52 bits per heavy atom. The van der Waals surface area contributed by atoms with Gasteiger partial charge in [-0.1, -0.05) is 6.42 Å². The van der Waals surface area contributed by atoms with E-state index < -0.39 is 27.4 Å². The highest BCUT2D eigenvalue weighted by Crippen LogP contribution is 2.29. The minimum atomic E-state index is -3.80. The maximum atomic E-state index is 13.7. The monoisotopic (exact) mass is 315 g/mol. The zero-order chi connectivity index (χ0) is 15.8. The fourth-order valence-corrected chi connectivity index (χ4v) is 3.72. The van der Waals surface area contributed by atoms with Crippen molar-refractivity contribution in [2.45, 2.75) is 31.1 Å². The van der Waals surface area contributed by atoms with Crippen LogP contribution in [0.3, 0.4) is 0 Å². The summed E-state index contributed by atoms with van der Waals surface area (Å²) in [5.74, 6) is -2.03. The summed E-state index contributed by atoms with van der Waals surface area (Å²) in [5.41, 5.74) is -0.615. The molecule has 0 aromatic heterocycles. The molecule has 0 saturated heterocycles. The quantitative estimate of drug-likeness (QED) is 0.904. The van der Waals surface area contributed by atoms with Crippen LogP contribution in [-0.4, -0.2) is 37.4 Å². The zero-order valence-corrected chi connectivity index (χ0v) is 12.8. The number of nitrogens with zero attached hydrogens (tertiary/aromatic N) is 1. The molecule has 0 spiro atoms. The van der Waals surface area contributed by atoms with Crippen molar-refractivity contribution < 1.29 is 22.7 Å². The van der Waals surface area contributed by atoms with Crippen molar-refractivity contribution in [3.8, 4) is 0 Å². The molecule has 116 valence electrons. The summed E-state index contributed by atoms with van der Waals surface area (Å²) in [6.45, 7) is 1.76. The maximum Gasteiger partial charge on any atom is 0.338 e. The van der Waals surface area contributed by atoms with Gasteiger partial charge in [-0.15, -0.1) is 0 Å². The van der Waals surface area contributed by atoms with Crippen LogP contribution < -0.4 is 0 Å². The first-order valence-electron chi connectivity index (χ1n) is 6.73. The highest BCUT2D eigenvalue weighted by Gasteiger charge is 2.28. The van der Waals surface area contributed by atoms with Crippen LogP contribution in [0.1, 0.15) is 35.2 Å². The predicted octanol–water partition coefficient (Wildman–Crippen LogP) is 2.25. The van der Waals surface area contributed by atoms with E-state index in [4.69, 9.17) is 5.11 Å². The van der Waals surface area contributed by atoms with Gasteiger partial charge in [-0.05, 0) is 43.4 Å². The summed E-state index contributed by atoms with van der Waals surface area (Å²) >= 11 is 0. The van der Waals surface area contributed by atoms with Crippen molar-refractivity contribution in [1.82, 2.24) is 4.31 Å². The summed E-state index contributed by atoms with van der Waals surface area (Å²) in [5, 5.41) is 8.96. The lowest BCUT2D eigenvalue weighted by Crippen LogP contribution is -2.34. The van der Waals surface area contributed by atoms with Crippen molar-refractivity contribution in [2.75, 3.05) is 13.6 Å². The molecule has 21 heavy (non-hydrogen) atoms. The fourth-order valence-electron chi connectivity index (χ4n) is 2.36. The Labute approximate surface area is 123 Å². The van der Waals surface area contributed by atoms with Gasteiger partial charge in [0.1, 0.15) is 5.82 Å². The largest absolute Gasteiger partial charge is 0.478 e. The number of halogens is 1. The number of hydrogen-bond acceptors (Lipinski definition) is 3. The van der Waals surface area contributed by atoms with Crippen molar-refractivity contribution in [3.05, 3.63) is 29.1 Å². The van der Waals surface area contributed by atoms with Crippen LogP contribution in [0.2, 0.25) is 0 Å². The average molecular weight is 315 g/mol. The van der Waals surface area contributed by atoms with Crippen molar-refractivity contribution in [1.29, 1.82) is 0 Å². The van der Waals surface area contributed by atoms with Gasteiger partial charge in [0.2, 0.25) is 10.0 Å². The lowest BCUT2D eigenvalue weighted by Gasteiger charge is -2.29. The third kappa shape index (κ3) is 3.08. The Hall–Kier alpha value is -1.47. The number of carboxylic acid groups (broad SMARTS) is 1. The second kappa shape index (κ2) is 5.73. The molecular weight excluding hydrogens is 297 g/mol. The number of rotatable bonds is 5. The van der Waals surface area contributed by atoms with Crippen molar-refractivity contribution in [3.63, 3.8) is 0 Å². The van der Waals surface area contributed by atoms with E-state index in [1.807, 2.05) is 0 Å². The van der Waals surface area contributed by atoms with E-state index in [9.17, 15) is 17.6 Å². The van der Waals surface area contributed by atoms with Crippen LogP contribution in [0, 0.1) is 18.7 Å². The second-order valence-electron chi connectivity index (χ2n) is 5.49. The van der Waals surface area contributed by atoms with E-state index in [1.54, 1.807) is 0 Å². The smallest absolute Gasteiger partial charge is 0.338 e. The molecule has 7 heteroatoms. The van der Waals surface area contributed by atoms with Crippen LogP contribution in [0.25, 0.3) is 0 Å². The third-order valence-electron chi connectivity index (χ3n) is 3.91. The summed E-state index contributed by atoms with van der Waals surface area (Å²) in [6, 6.07) is 2.06. The minimum Gasteiger partial charge on any atom is -0.478 e. The standard InChI is InChI=1S/C14H18FNO4S/c1-9-6-11(7-12(13(9)15)14(17)18)21(19,20)16(2)8-10-4-3-5-10/h6-7,10H,3-5,8H2,1-2H3,(H,17,18). The molecule has 0 amide bonds. The Morgan fingerprint density at radius 1 is 1.43 bits per heavy atom. The minimum absolute atomic E-state index is 0.00511. The number of hydrogen-bond donors (Lipinski definition) is 1. The van der Waals surface area contributed by atoms with Crippen molar-refractivity contribution in [2.24, 2.45) is 5.92 Å². The molecule has 0 heterocycles. The van der Waals surface area contributed by atoms with Crippen LogP contribution in [-0.2, 0) is 10.0 Å². The van der Waals surface area contributed by atoms with Gasteiger partial charge in [0.05, 0.1) is 10.5 Å². The molecule has 2 rings (SSSR count). The highest BCUT2D eigenvalue weighted by molar-refractivity contribution is 7.89. The third-order valence-corrected chi connectivity index (χ3v) is 5.71. The predicted molar refractivity (Wildman–Crippen MR) is 75.3 cm³/mol. The normalized spacial score (nSPS) is 16.0. The molecule has 0 bridgehead atoms. The molecule has 0 aliphatic heterocycles. The van der Waals surface area contributed by atoms with E-state index in [2.05, 4.69) is 0 Å². The first-order valence-corrected chi connectivity index (χ1v) is 8.17. The topological polar surface area (TPSA) is 74.7 Å². The van der Waals surface area contributed by atoms with Gasteiger partial charge < -0.3 is 5.11 Å². The molecule has 0 atom stereocenters. The van der Waals surface area contributed by atoms with Gasteiger partial charge in [-0.2, -0.15) is 0 Å².